The van der Waals surface area contributed by atoms with E-state index in [0.29, 0.717) is 23.9 Å². The Bertz CT molecular complexity index is 840. The summed E-state index contributed by atoms with van der Waals surface area (Å²) in [6.45, 7) is 3.00. The van der Waals surface area contributed by atoms with E-state index in [-0.39, 0.29) is 24.5 Å². The number of nitrogens with zero attached hydrogens (tertiary/aromatic N) is 1. The fourth-order valence-corrected chi connectivity index (χ4v) is 3.50. The first-order valence-electron chi connectivity index (χ1n) is 10.1. The zero-order chi connectivity index (χ0) is 21.3. The van der Waals surface area contributed by atoms with Gasteiger partial charge in [0.2, 0.25) is 5.91 Å². The molecule has 30 heavy (non-hydrogen) atoms. The number of para-hydroxylation sites is 1. The molecule has 0 spiro atoms. The van der Waals surface area contributed by atoms with E-state index in [2.05, 4.69) is 5.32 Å². The molecular weight excluding hydrogens is 404 g/mol. The lowest BCUT2D eigenvalue weighted by atomic mass is 10.1. The van der Waals surface area contributed by atoms with Crippen molar-refractivity contribution in [1.82, 2.24) is 10.2 Å². The highest BCUT2D eigenvalue weighted by molar-refractivity contribution is 6.32. The molecule has 0 unspecified atom stereocenters. The molecule has 0 aromatic heterocycles. The zero-order valence-electron chi connectivity index (χ0n) is 17.1. The minimum Gasteiger partial charge on any atom is -0.482 e. The van der Waals surface area contributed by atoms with Crippen molar-refractivity contribution >= 4 is 23.4 Å². The first kappa shape index (κ1) is 22.1. The maximum absolute atomic E-state index is 13.0. The Labute approximate surface area is 182 Å². The van der Waals surface area contributed by atoms with Crippen molar-refractivity contribution < 1.29 is 19.1 Å². The van der Waals surface area contributed by atoms with Crippen LogP contribution in [0.1, 0.15) is 25.3 Å². The van der Waals surface area contributed by atoms with Gasteiger partial charge in [-0.25, -0.2) is 0 Å². The minimum absolute atomic E-state index is 0.0444. The quantitative estimate of drug-likeness (QED) is 0.661. The molecule has 160 valence electrons. The number of carbonyl (C=O) groups is 2. The second kappa shape index (κ2) is 11.0. The van der Waals surface area contributed by atoms with Gasteiger partial charge in [-0.05, 0) is 37.5 Å². The summed E-state index contributed by atoms with van der Waals surface area (Å²) in [6, 6.07) is 15.9. The molecule has 2 amide bonds. The summed E-state index contributed by atoms with van der Waals surface area (Å²) in [6.07, 6.45) is 1.99. The van der Waals surface area contributed by atoms with Gasteiger partial charge in [-0.1, -0.05) is 54.1 Å². The number of nitrogens with one attached hydrogen (secondary N) is 1. The van der Waals surface area contributed by atoms with E-state index in [0.717, 1.165) is 25.0 Å². The van der Waals surface area contributed by atoms with Crippen LogP contribution in [0.3, 0.4) is 0 Å². The summed E-state index contributed by atoms with van der Waals surface area (Å²) in [5.41, 5.74) is 0.933. The third-order valence-electron chi connectivity index (χ3n) is 5.08. The molecule has 2 atom stereocenters. The number of hydrogen-bond acceptors (Lipinski definition) is 4. The SMILES string of the molecule is C[C@@H](C(=O)NC[C@H]1CCCO1)N(Cc1ccccc1)C(=O)COc1ccccc1Cl. The van der Waals surface area contributed by atoms with E-state index in [9.17, 15) is 9.59 Å². The lowest BCUT2D eigenvalue weighted by Crippen LogP contribution is -2.50. The number of amides is 2. The Balaban J connectivity index is 1.65. The summed E-state index contributed by atoms with van der Waals surface area (Å²) in [5.74, 6) is -0.0753. The fourth-order valence-electron chi connectivity index (χ4n) is 3.31. The maximum atomic E-state index is 13.0. The largest absolute Gasteiger partial charge is 0.482 e. The van der Waals surface area contributed by atoms with Crippen molar-refractivity contribution in [3.05, 3.63) is 65.2 Å². The van der Waals surface area contributed by atoms with Gasteiger partial charge in [0.05, 0.1) is 11.1 Å². The van der Waals surface area contributed by atoms with Gasteiger partial charge in [0.15, 0.2) is 6.61 Å². The van der Waals surface area contributed by atoms with E-state index >= 15 is 0 Å². The Kier molecular flexibility index (Phi) is 8.11. The molecule has 1 fully saturated rings. The van der Waals surface area contributed by atoms with Crippen molar-refractivity contribution in [3.63, 3.8) is 0 Å². The molecule has 0 bridgehead atoms. The zero-order valence-corrected chi connectivity index (χ0v) is 17.8. The number of hydrogen-bond donors (Lipinski definition) is 1. The molecule has 6 nitrogen and oxygen atoms in total. The third kappa shape index (κ3) is 6.21. The first-order chi connectivity index (χ1) is 14.5. The van der Waals surface area contributed by atoms with Gasteiger partial charge in [0.25, 0.3) is 5.91 Å². The number of benzene rings is 2. The lowest BCUT2D eigenvalue weighted by molar-refractivity contribution is -0.142. The Hall–Kier alpha value is -2.57. The van der Waals surface area contributed by atoms with Crippen LogP contribution < -0.4 is 10.1 Å². The van der Waals surface area contributed by atoms with E-state index in [1.54, 1.807) is 31.2 Å². The number of ether oxygens (including phenoxy) is 2. The van der Waals surface area contributed by atoms with Crippen LogP contribution in [0.25, 0.3) is 0 Å². The van der Waals surface area contributed by atoms with E-state index in [1.165, 1.54) is 4.90 Å². The van der Waals surface area contributed by atoms with Crippen LogP contribution in [0.2, 0.25) is 5.02 Å². The first-order valence-corrected chi connectivity index (χ1v) is 10.5. The average Bonchev–Trinajstić information content (AvgIpc) is 3.29. The predicted octanol–water partition coefficient (Wildman–Crippen LogP) is 3.43. The van der Waals surface area contributed by atoms with Crippen molar-refractivity contribution in [1.29, 1.82) is 0 Å². The van der Waals surface area contributed by atoms with Gasteiger partial charge >= 0.3 is 0 Å². The molecule has 1 aliphatic heterocycles. The maximum Gasteiger partial charge on any atom is 0.261 e. The van der Waals surface area contributed by atoms with Crippen LogP contribution in [0.4, 0.5) is 0 Å². The standard InChI is InChI=1S/C23H27ClN2O4/c1-17(23(28)25-14-19-10-7-13-29-19)26(15-18-8-3-2-4-9-18)22(27)16-30-21-12-6-5-11-20(21)24/h2-6,8-9,11-12,17,19H,7,10,13-16H2,1H3,(H,25,28)/t17-,19+/m0/s1. The summed E-state index contributed by atoms with van der Waals surface area (Å²) in [4.78, 5) is 27.3. The average molecular weight is 431 g/mol. The molecule has 3 rings (SSSR count). The number of halogens is 1. The van der Waals surface area contributed by atoms with Crippen molar-refractivity contribution in [2.45, 2.75) is 38.5 Å². The predicted molar refractivity (Wildman–Crippen MR) is 115 cm³/mol. The summed E-state index contributed by atoms with van der Waals surface area (Å²) < 4.78 is 11.2. The molecule has 0 radical (unpaired) electrons. The topological polar surface area (TPSA) is 67.9 Å². The van der Waals surface area contributed by atoms with Gasteiger partial charge in [0.1, 0.15) is 11.8 Å². The molecule has 2 aromatic carbocycles. The molecular formula is C23H27ClN2O4. The normalized spacial score (nSPS) is 16.7. The van der Waals surface area contributed by atoms with Crippen LogP contribution in [-0.4, -0.2) is 48.6 Å². The Morgan fingerprint density at radius 1 is 1.20 bits per heavy atom. The molecule has 1 saturated heterocycles. The molecule has 1 aliphatic rings. The highest BCUT2D eigenvalue weighted by atomic mass is 35.5. The van der Waals surface area contributed by atoms with Gasteiger partial charge in [0, 0.05) is 19.7 Å². The van der Waals surface area contributed by atoms with Crippen molar-refractivity contribution in [2.75, 3.05) is 19.8 Å². The van der Waals surface area contributed by atoms with Crippen LogP contribution in [-0.2, 0) is 20.9 Å². The van der Waals surface area contributed by atoms with Crippen molar-refractivity contribution in [3.8, 4) is 5.75 Å². The summed E-state index contributed by atoms with van der Waals surface area (Å²) in [7, 11) is 0. The van der Waals surface area contributed by atoms with Gasteiger partial charge in [-0.2, -0.15) is 0 Å². The highest BCUT2D eigenvalue weighted by Gasteiger charge is 2.27. The minimum atomic E-state index is -0.658. The summed E-state index contributed by atoms with van der Waals surface area (Å²) in [5, 5.41) is 3.34. The molecule has 1 heterocycles. The van der Waals surface area contributed by atoms with Crippen LogP contribution in [0.15, 0.2) is 54.6 Å². The van der Waals surface area contributed by atoms with E-state index in [4.69, 9.17) is 21.1 Å². The van der Waals surface area contributed by atoms with Gasteiger partial charge < -0.3 is 19.7 Å². The number of rotatable bonds is 9. The van der Waals surface area contributed by atoms with Gasteiger partial charge in [-0.3, -0.25) is 9.59 Å². The molecule has 7 heteroatoms. The van der Waals surface area contributed by atoms with Crippen molar-refractivity contribution in [2.24, 2.45) is 0 Å². The van der Waals surface area contributed by atoms with E-state index in [1.807, 2.05) is 30.3 Å². The molecule has 1 N–H and O–H groups in total. The highest BCUT2D eigenvalue weighted by Crippen LogP contribution is 2.23. The van der Waals surface area contributed by atoms with Crippen LogP contribution in [0, 0.1) is 0 Å². The lowest BCUT2D eigenvalue weighted by Gasteiger charge is -2.29. The molecule has 2 aromatic rings. The van der Waals surface area contributed by atoms with Gasteiger partial charge in [-0.15, -0.1) is 0 Å². The summed E-state index contributed by atoms with van der Waals surface area (Å²) >= 11 is 6.11. The smallest absolute Gasteiger partial charge is 0.261 e. The van der Waals surface area contributed by atoms with Crippen LogP contribution >= 0.6 is 11.6 Å². The van der Waals surface area contributed by atoms with Crippen LogP contribution in [0.5, 0.6) is 5.75 Å². The number of carbonyl (C=O) groups excluding carboxylic acids is 2. The third-order valence-corrected chi connectivity index (χ3v) is 5.39. The second-order valence-electron chi connectivity index (χ2n) is 7.28. The fraction of sp³-hybridized carbons (Fsp3) is 0.391. The molecule has 0 saturated carbocycles. The second-order valence-corrected chi connectivity index (χ2v) is 7.69. The Morgan fingerprint density at radius 3 is 2.63 bits per heavy atom. The monoisotopic (exact) mass is 430 g/mol. The Morgan fingerprint density at radius 2 is 1.93 bits per heavy atom. The van der Waals surface area contributed by atoms with E-state index < -0.39 is 6.04 Å². The molecule has 0 aliphatic carbocycles.